The Labute approximate surface area is 118 Å². The van der Waals surface area contributed by atoms with E-state index in [0.29, 0.717) is 32.7 Å². The maximum Gasteiger partial charge on any atom is 0.250 e. The van der Waals surface area contributed by atoms with Crippen molar-refractivity contribution in [1.82, 2.24) is 0 Å². The number of hydrogen-bond acceptors (Lipinski definition) is 4. The summed E-state index contributed by atoms with van der Waals surface area (Å²) in [7, 11) is 0. The van der Waals surface area contributed by atoms with Gasteiger partial charge in [-0.15, -0.1) is 0 Å². The molecule has 1 amide bonds. The van der Waals surface area contributed by atoms with Crippen LogP contribution < -0.4 is 15.4 Å². The van der Waals surface area contributed by atoms with E-state index in [-0.39, 0.29) is 5.91 Å². The van der Waals surface area contributed by atoms with Gasteiger partial charge < -0.3 is 20.1 Å². The van der Waals surface area contributed by atoms with Crippen molar-refractivity contribution >= 4 is 17.3 Å². The normalized spacial score (nSPS) is 19.9. The zero-order valence-corrected chi connectivity index (χ0v) is 11.7. The van der Waals surface area contributed by atoms with Crippen molar-refractivity contribution in [3.8, 4) is 5.75 Å². The minimum absolute atomic E-state index is 0.0147. The van der Waals surface area contributed by atoms with E-state index < -0.39 is 5.54 Å². The zero-order valence-electron chi connectivity index (χ0n) is 11.7. The van der Waals surface area contributed by atoms with Crippen LogP contribution in [0.2, 0.25) is 0 Å². The van der Waals surface area contributed by atoms with Crippen LogP contribution in [-0.4, -0.2) is 31.3 Å². The molecule has 2 heterocycles. The van der Waals surface area contributed by atoms with Gasteiger partial charge in [-0.1, -0.05) is 13.0 Å². The Hall–Kier alpha value is -1.75. The highest BCUT2D eigenvalue weighted by Gasteiger charge is 2.43. The number of anilines is 2. The smallest absolute Gasteiger partial charge is 0.250 e. The topological polar surface area (TPSA) is 59.6 Å². The van der Waals surface area contributed by atoms with Gasteiger partial charge in [-0.25, -0.2) is 0 Å². The second-order valence-electron chi connectivity index (χ2n) is 5.30. The first-order valence-corrected chi connectivity index (χ1v) is 7.18. The molecule has 0 saturated carbocycles. The Morgan fingerprint density at radius 1 is 1.35 bits per heavy atom. The third-order valence-corrected chi connectivity index (χ3v) is 3.88. The highest BCUT2D eigenvalue weighted by atomic mass is 16.5. The van der Waals surface area contributed by atoms with E-state index >= 15 is 0 Å². The largest absolute Gasteiger partial charge is 0.491 e. The van der Waals surface area contributed by atoms with Crippen LogP contribution in [-0.2, 0) is 9.53 Å². The molecule has 20 heavy (non-hydrogen) atoms. The van der Waals surface area contributed by atoms with Crippen molar-refractivity contribution in [2.45, 2.75) is 31.7 Å². The second kappa shape index (κ2) is 5.32. The Morgan fingerprint density at radius 2 is 2.15 bits per heavy atom. The molecule has 0 unspecified atom stereocenters. The first-order valence-electron chi connectivity index (χ1n) is 7.18. The lowest BCUT2D eigenvalue weighted by Gasteiger charge is -2.41. The lowest BCUT2D eigenvalue weighted by atomic mass is 9.86. The number of carbonyl (C=O) groups is 1. The zero-order chi connectivity index (χ0) is 14.0. The summed E-state index contributed by atoms with van der Waals surface area (Å²) in [6.45, 7) is 3.93. The van der Waals surface area contributed by atoms with E-state index in [0.717, 1.165) is 23.5 Å². The first kappa shape index (κ1) is 13.2. The minimum atomic E-state index is -0.533. The molecule has 3 rings (SSSR count). The summed E-state index contributed by atoms with van der Waals surface area (Å²) < 4.78 is 11.1. The monoisotopic (exact) mass is 276 g/mol. The molecule has 5 heteroatoms. The van der Waals surface area contributed by atoms with Crippen LogP contribution >= 0.6 is 0 Å². The molecule has 1 fully saturated rings. The van der Waals surface area contributed by atoms with Crippen molar-refractivity contribution in [2.24, 2.45) is 0 Å². The number of carbonyl (C=O) groups excluding carboxylic acids is 1. The number of ether oxygens (including phenoxy) is 2. The second-order valence-corrected chi connectivity index (χ2v) is 5.30. The number of hydrogen-bond donors (Lipinski definition) is 2. The highest BCUT2D eigenvalue weighted by Crippen LogP contribution is 2.41. The van der Waals surface area contributed by atoms with E-state index in [1.165, 1.54) is 0 Å². The highest BCUT2D eigenvalue weighted by molar-refractivity contribution is 6.07. The number of rotatable bonds is 3. The lowest BCUT2D eigenvalue weighted by Crippen LogP contribution is -2.55. The maximum absolute atomic E-state index is 12.5. The van der Waals surface area contributed by atoms with Gasteiger partial charge in [-0.2, -0.15) is 0 Å². The predicted octanol–water partition coefficient (Wildman–Crippen LogP) is 2.39. The van der Waals surface area contributed by atoms with Gasteiger partial charge in [0, 0.05) is 26.1 Å². The molecule has 1 aromatic carbocycles. The van der Waals surface area contributed by atoms with Gasteiger partial charge in [0.1, 0.15) is 17.0 Å². The van der Waals surface area contributed by atoms with Crippen LogP contribution in [0.5, 0.6) is 5.75 Å². The van der Waals surface area contributed by atoms with Gasteiger partial charge >= 0.3 is 0 Å². The average molecular weight is 276 g/mol. The van der Waals surface area contributed by atoms with Crippen LogP contribution in [0.1, 0.15) is 26.2 Å². The van der Waals surface area contributed by atoms with Gasteiger partial charge in [0.25, 0.3) is 0 Å². The van der Waals surface area contributed by atoms with Crippen molar-refractivity contribution in [2.75, 3.05) is 30.5 Å². The van der Waals surface area contributed by atoms with E-state index in [9.17, 15) is 4.79 Å². The molecular weight excluding hydrogens is 256 g/mol. The first-order chi connectivity index (χ1) is 9.75. The molecule has 0 aliphatic carbocycles. The summed E-state index contributed by atoms with van der Waals surface area (Å²) in [5, 5.41) is 6.42. The van der Waals surface area contributed by atoms with Crippen LogP contribution in [0, 0.1) is 0 Å². The number of fused-ring (bicyclic) bond motifs is 1. The summed E-state index contributed by atoms with van der Waals surface area (Å²) in [6, 6.07) is 5.81. The van der Waals surface area contributed by atoms with Crippen molar-refractivity contribution in [3.05, 3.63) is 18.2 Å². The van der Waals surface area contributed by atoms with Gasteiger partial charge in [0.2, 0.25) is 5.91 Å². The molecule has 0 bridgehead atoms. The summed E-state index contributed by atoms with van der Waals surface area (Å²) in [6.07, 6.45) is 2.32. The Morgan fingerprint density at radius 3 is 2.90 bits per heavy atom. The summed E-state index contributed by atoms with van der Waals surface area (Å²) >= 11 is 0. The molecule has 1 spiro atoms. The standard InChI is InChI=1S/C15H20N2O3/c1-2-8-20-12-5-3-4-11-13(12)16-14(18)15(17-11)6-9-19-10-7-15/h3-5,17H,2,6-10H2,1H3,(H,16,18). The van der Waals surface area contributed by atoms with Crippen LogP contribution in [0.3, 0.4) is 0 Å². The van der Waals surface area contributed by atoms with E-state index in [1.54, 1.807) is 0 Å². The Kier molecular flexibility index (Phi) is 3.53. The summed E-state index contributed by atoms with van der Waals surface area (Å²) in [4.78, 5) is 12.5. The van der Waals surface area contributed by atoms with Crippen molar-refractivity contribution in [3.63, 3.8) is 0 Å². The number of nitrogens with one attached hydrogen (secondary N) is 2. The number of amides is 1. The van der Waals surface area contributed by atoms with Crippen LogP contribution in [0.4, 0.5) is 11.4 Å². The molecule has 2 aliphatic heterocycles. The fourth-order valence-corrected chi connectivity index (χ4v) is 2.72. The molecule has 2 aliphatic rings. The molecule has 5 nitrogen and oxygen atoms in total. The van der Waals surface area contributed by atoms with E-state index in [2.05, 4.69) is 17.6 Å². The molecule has 0 atom stereocenters. The molecule has 0 aromatic heterocycles. The van der Waals surface area contributed by atoms with Crippen LogP contribution in [0.15, 0.2) is 18.2 Å². The fraction of sp³-hybridized carbons (Fsp3) is 0.533. The molecular formula is C15H20N2O3. The summed E-state index contributed by atoms with van der Waals surface area (Å²) in [5.41, 5.74) is 1.15. The quantitative estimate of drug-likeness (QED) is 0.890. The molecule has 1 saturated heterocycles. The predicted molar refractivity (Wildman–Crippen MR) is 77.3 cm³/mol. The van der Waals surface area contributed by atoms with Crippen LogP contribution in [0.25, 0.3) is 0 Å². The Balaban J connectivity index is 1.90. The molecule has 1 aromatic rings. The van der Waals surface area contributed by atoms with Gasteiger partial charge in [-0.3, -0.25) is 4.79 Å². The average Bonchev–Trinajstić information content (AvgIpc) is 2.47. The molecule has 0 radical (unpaired) electrons. The van der Waals surface area contributed by atoms with E-state index in [1.807, 2.05) is 18.2 Å². The number of para-hydroxylation sites is 1. The van der Waals surface area contributed by atoms with Gasteiger partial charge in [-0.05, 0) is 18.6 Å². The molecule has 2 N–H and O–H groups in total. The third kappa shape index (κ3) is 2.22. The maximum atomic E-state index is 12.5. The summed E-state index contributed by atoms with van der Waals surface area (Å²) in [5.74, 6) is 0.743. The third-order valence-electron chi connectivity index (χ3n) is 3.88. The fourth-order valence-electron chi connectivity index (χ4n) is 2.72. The van der Waals surface area contributed by atoms with Crippen molar-refractivity contribution < 1.29 is 14.3 Å². The van der Waals surface area contributed by atoms with E-state index in [4.69, 9.17) is 9.47 Å². The van der Waals surface area contributed by atoms with Crippen molar-refractivity contribution in [1.29, 1.82) is 0 Å². The number of benzene rings is 1. The van der Waals surface area contributed by atoms with Gasteiger partial charge in [0.15, 0.2) is 0 Å². The minimum Gasteiger partial charge on any atom is -0.491 e. The Bertz CT molecular complexity index is 510. The lowest BCUT2D eigenvalue weighted by molar-refractivity contribution is -0.123. The molecule has 108 valence electrons. The van der Waals surface area contributed by atoms with Gasteiger partial charge in [0.05, 0.1) is 12.3 Å². The SMILES string of the molecule is CCCOc1cccc2c1NC(=O)C1(CCOCC1)N2.